The predicted molar refractivity (Wildman–Crippen MR) is 364 cm³/mol. The summed E-state index contributed by atoms with van der Waals surface area (Å²) in [5, 5.41) is 8.00. The minimum Gasteiger partial charge on any atom is -0.457 e. The summed E-state index contributed by atoms with van der Waals surface area (Å²) >= 11 is 0. The average Bonchev–Trinajstić information content (AvgIpc) is 0.768. The van der Waals surface area contributed by atoms with E-state index in [1.807, 2.05) is 63.4 Å². The van der Waals surface area contributed by atoms with Gasteiger partial charge in [0.05, 0.1) is 27.8 Å². The van der Waals surface area contributed by atoms with Crippen LogP contribution in [-0.2, 0) is 33.7 Å². The predicted octanol–water partition coefficient (Wildman–Crippen LogP) is 22.4. The van der Waals surface area contributed by atoms with Gasteiger partial charge in [0, 0.05) is 63.5 Å². The van der Waals surface area contributed by atoms with Gasteiger partial charge in [-0.15, -0.1) is 0 Å². The normalized spacial score (nSPS) is 15.3. The van der Waals surface area contributed by atoms with E-state index in [1.165, 1.54) is 28.8 Å². The van der Waals surface area contributed by atoms with Crippen LogP contribution < -0.4 is 9.64 Å². The molecule has 85 heavy (non-hydrogen) atoms. The molecule has 5 nitrogen and oxygen atoms in total. The van der Waals surface area contributed by atoms with Gasteiger partial charge in [0.2, 0.25) is 0 Å². The Morgan fingerprint density at radius 2 is 0.918 bits per heavy atom. The maximum atomic E-state index is 8.96. The van der Waals surface area contributed by atoms with Gasteiger partial charge in [0.25, 0.3) is 0 Å². The third kappa shape index (κ3) is 9.89. The molecular formula is C80H80N4O. The molecule has 0 saturated heterocycles. The largest absolute Gasteiger partial charge is 0.457 e. The van der Waals surface area contributed by atoms with E-state index in [9.17, 15) is 0 Å². The molecule has 0 unspecified atom stereocenters. The fourth-order valence-electron chi connectivity index (χ4n) is 12.7. The first-order chi connectivity index (χ1) is 44.0. The molecule has 426 valence electrons. The summed E-state index contributed by atoms with van der Waals surface area (Å²) < 4.78 is 92.2. The zero-order valence-corrected chi connectivity index (χ0v) is 51.0. The zero-order valence-electron chi connectivity index (χ0n) is 60.0. The summed E-state index contributed by atoms with van der Waals surface area (Å²) in [5.74, 6) is 2.09. The number of pyridine rings is 1. The van der Waals surface area contributed by atoms with Crippen LogP contribution in [0, 0.1) is 0 Å². The Morgan fingerprint density at radius 1 is 0.400 bits per heavy atom. The molecule has 1 aliphatic heterocycles. The van der Waals surface area contributed by atoms with Crippen LogP contribution in [0.25, 0.3) is 93.2 Å². The van der Waals surface area contributed by atoms with Crippen molar-refractivity contribution in [3.63, 3.8) is 0 Å². The summed E-state index contributed by atoms with van der Waals surface area (Å²) in [5.41, 5.74) is 8.27. The smallest absolute Gasteiger partial charge is 0.137 e. The molecule has 0 radical (unpaired) electrons. The van der Waals surface area contributed by atoms with E-state index in [0.29, 0.717) is 28.2 Å². The Labute approximate surface area is 515 Å². The number of hydrogen-bond acceptors (Lipinski definition) is 3. The summed E-state index contributed by atoms with van der Waals surface area (Å²) in [4.78, 5) is 7.22. The molecular weight excluding hydrogens is 1030 g/mol. The van der Waals surface area contributed by atoms with E-state index >= 15 is 0 Å². The monoisotopic (exact) mass is 1120 g/mol. The molecule has 5 heteroatoms. The number of fused-ring (bicyclic) bond motifs is 10. The van der Waals surface area contributed by atoms with Crippen LogP contribution in [0.1, 0.15) is 144 Å². The van der Waals surface area contributed by atoms with Crippen molar-refractivity contribution in [2.24, 2.45) is 0 Å². The third-order valence-corrected chi connectivity index (χ3v) is 17.4. The second kappa shape index (κ2) is 20.0. The van der Waals surface area contributed by atoms with Crippen LogP contribution >= 0.6 is 0 Å². The molecule has 0 atom stereocenters. The number of aromatic nitrogens is 3. The lowest BCUT2D eigenvalue weighted by Gasteiger charge is -2.27. The highest BCUT2D eigenvalue weighted by Gasteiger charge is 2.29. The van der Waals surface area contributed by atoms with Crippen molar-refractivity contribution in [3.05, 3.63) is 228 Å². The maximum Gasteiger partial charge on any atom is 0.137 e. The standard InChI is InChI=1S/C80H80N4O/c1-76(2,3)52-38-39-81-72(46-52)84-69-34-19-18-27-63(69)64-37-36-59(48-71(64)84)85-58-25-20-24-57(47-58)82-49-83-74-61(51-42-55(79(10,11)12)45-56(43-51)80(13,14)15)30-22-32-67(74)62-26-16-17-28-65(62)73-60(29-21-31-66(73)68-33-23-35-70(82)75(68)83)50-40-53(77(4,5)6)44-54(41-50)78(7,8)9/h16-48H,49H2,1-15H3/i10D3,11D3,12D3. The number of nitrogens with zero attached hydrogens (tertiary/aromatic N) is 4. The lowest BCUT2D eigenvalue weighted by molar-refractivity contribution is 0.483. The van der Waals surface area contributed by atoms with E-state index in [1.54, 1.807) is 0 Å². The zero-order chi connectivity index (χ0) is 67.2. The van der Waals surface area contributed by atoms with Gasteiger partial charge in [-0.2, -0.15) is 0 Å². The molecule has 0 spiro atoms. The van der Waals surface area contributed by atoms with E-state index < -0.39 is 31.4 Å². The van der Waals surface area contributed by atoms with Crippen molar-refractivity contribution < 1.29 is 17.1 Å². The Morgan fingerprint density at radius 3 is 1.58 bits per heavy atom. The lowest BCUT2D eigenvalue weighted by Crippen LogP contribution is -2.17. The fourth-order valence-corrected chi connectivity index (χ4v) is 12.7. The molecule has 0 N–H and O–H groups in total. The van der Waals surface area contributed by atoms with E-state index in [-0.39, 0.29) is 28.5 Å². The second-order valence-electron chi connectivity index (χ2n) is 27.5. The highest BCUT2D eigenvalue weighted by molar-refractivity contribution is 6.25. The first-order valence-corrected chi connectivity index (χ1v) is 29.7. The lowest BCUT2D eigenvalue weighted by atomic mass is 9.78. The van der Waals surface area contributed by atoms with Crippen molar-refractivity contribution in [3.8, 4) is 39.6 Å². The molecule has 0 aliphatic carbocycles. The summed E-state index contributed by atoms with van der Waals surface area (Å²) in [7, 11) is 0. The third-order valence-electron chi connectivity index (χ3n) is 17.4. The molecule has 0 saturated carbocycles. The van der Waals surface area contributed by atoms with Crippen LogP contribution in [0.5, 0.6) is 11.5 Å². The fraction of sp³-hybridized carbons (Fsp3) is 0.263. The SMILES string of the molecule is [2H]C([2H])([2H])C(c1cc(-c2cccc3c4ccccc4c4c(-c5cc(C(C)(C)C)cc(C(C)(C)C)c5)cccc4c4cccc5c4n(c23)CN5c2cccc(Oc3ccc4c5ccccc5n(-c5cc(C(C)(C)C)ccn5)c4c3)c2)cc(C(C)(C)C)c1)(C([2H])([2H])[2H])C([2H])([2H])[2H]. The maximum absolute atomic E-state index is 8.96. The van der Waals surface area contributed by atoms with Gasteiger partial charge in [0.15, 0.2) is 0 Å². The van der Waals surface area contributed by atoms with Crippen LogP contribution in [0.4, 0.5) is 11.4 Å². The Balaban J connectivity index is 1.10. The van der Waals surface area contributed by atoms with Gasteiger partial charge in [-0.1, -0.05) is 237 Å². The summed E-state index contributed by atoms with van der Waals surface area (Å²) in [6, 6.07) is 66.8. The van der Waals surface area contributed by atoms with E-state index in [2.05, 4.69) is 222 Å². The molecule has 1 aliphatic rings. The molecule has 4 heterocycles. The Hall–Kier alpha value is -8.67. The first-order valence-electron chi connectivity index (χ1n) is 34.2. The Bertz CT molecular complexity index is 5040. The van der Waals surface area contributed by atoms with Gasteiger partial charge >= 0.3 is 0 Å². The topological polar surface area (TPSA) is 35.2 Å². The number of hydrogen-bond donors (Lipinski definition) is 0. The molecule has 0 amide bonds. The van der Waals surface area contributed by atoms with Gasteiger partial charge in [-0.05, 0) is 142 Å². The number of rotatable bonds is 6. The summed E-state index contributed by atoms with van der Waals surface area (Å²) in [6.07, 6.45) is 1.89. The molecule has 12 aromatic rings. The second-order valence-corrected chi connectivity index (χ2v) is 27.5. The van der Waals surface area contributed by atoms with Gasteiger partial charge in [0.1, 0.15) is 24.0 Å². The van der Waals surface area contributed by atoms with Gasteiger partial charge in [-0.25, -0.2) is 4.98 Å². The number of ether oxygens (including phenoxy) is 1. The van der Waals surface area contributed by atoms with Gasteiger partial charge in [-0.3, -0.25) is 4.57 Å². The average molecular weight is 1120 g/mol. The minimum atomic E-state index is -3.49. The molecule has 13 rings (SSSR count). The van der Waals surface area contributed by atoms with Crippen LogP contribution in [-0.4, -0.2) is 14.1 Å². The quantitative estimate of drug-likeness (QED) is 0.166. The number of anilines is 2. The molecule has 9 aromatic carbocycles. The molecule has 0 fully saturated rings. The van der Waals surface area contributed by atoms with E-state index in [4.69, 9.17) is 22.1 Å². The van der Waals surface area contributed by atoms with Crippen LogP contribution in [0.2, 0.25) is 0 Å². The van der Waals surface area contributed by atoms with Crippen molar-refractivity contribution in [1.29, 1.82) is 0 Å². The minimum absolute atomic E-state index is 0.0920. The van der Waals surface area contributed by atoms with Crippen molar-refractivity contribution in [2.75, 3.05) is 4.90 Å². The van der Waals surface area contributed by atoms with Gasteiger partial charge < -0.3 is 14.2 Å². The Kier molecular flexibility index (Phi) is 10.7. The summed E-state index contributed by atoms with van der Waals surface area (Å²) in [6.45, 7) is 15.9. The highest BCUT2D eigenvalue weighted by Crippen LogP contribution is 2.48. The first kappa shape index (κ1) is 45.7. The van der Waals surface area contributed by atoms with Crippen molar-refractivity contribution >= 4 is 76.5 Å². The van der Waals surface area contributed by atoms with Crippen LogP contribution in [0.3, 0.4) is 0 Å². The number of benzene rings is 9. The van der Waals surface area contributed by atoms with Crippen LogP contribution in [0.15, 0.2) is 200 Å². The van der Waals surface area contributed by atoms with Crippen molar-refractivity contribution in [1.82, 2.24) is 14.1 Å². The number of para-hydroxylation sites is 3. The molecule has 3 aromatic heterocycles. The highest BCUT2D eigenvalue weighted by atomic mass is 16.5. The molecule has 0 bridgehead atoms. The van der Waals surface area contributed by atoms with E-state index in [0.717, 1.165) is 93.5 Å². The van der Waals surface area contributed by atoms with Crippen molar-refractivity contribution in [2.45, 2.75) is 137 Å².